The Bertz CT molecular complexity index is 1250. The van der Waals surface area contributed by atoms with Gasteiger partial charge in [0.25, 0.3) is 11.8 Å². The van der Waals surface area contributed by atoms with Gasteiger partial charge < -0.3 is 14.8 Å². The van der Waals surface area contributed by atoms with E-state index in [0.29, 0.717) is 45.0 Å². The van der Waals surface area contributed by atoms with Crippen molar-refractivity contribution in [2.45, 2.75) is 33.1 Å². The van der Waals surface area contributed by atoms with Crippen LogP contribution < -0.4 is 20.2 Å². The summed E-state index contributed by atoms with van der Waals surface area (Å²) in [6, 6.07) is 17.5. The molecule has 0 fully saturated rings. The van der Waals surface area contributed by atoms with E-state index < -0.39 is 0 Å². The Kier molecular flexibility index (Phi) is 10.8. The first-order valence-corrected chi connectivity index (χ1v) is 12.7. The van der Waals surface area contributed by atoms with Crippen LogP contribution in [0.2, 0.25) is 10.0 Å². The summed E-state index contributed by atoms with van der Waals surface area (Å²) >= 11 is 11.9. The molecule has 0 saturated heterocycles. The average Bonchev–Trinajstić information content (AvgIpc) is 2.89. The standard InChI is InChI=1S/C28H29Cl2N3O4/c1-3-5-6-19-7-10-21(11-8-19)28(35)33-31-17-20-9-14-25(26(15-20)36-4-2)37-18-27(34)32-22-12-13-23(29)24(30)16-22/h7-17H,3-6,18H2,1-2H3,(H,32,34)(H,33,35)/b31-17+. The number of benzene rings is 3. The molecular formula is C28H29Cl2N3O4. The number of hydrogen-bond donors (Lipinski definition) is 2. The second-order valence-electron chi connectivity index (χ2n) is 8.10. The van der Waals surface area contributed by atoms with Crippen LogP contribution in [0.25, 0.3) is 0 Å². The third-order valence-electron chi connectivity index (χ3n) is 5.24. The van der Waals surface area contributed by atoms with Gasteiger partial charge in [0.15, 0.2) is 18.1 Å². The van der Waals surface area contributed by atoms with Crippen molar-refractivity contribution in [3.63, 3.8) is 0 Å². The minimum atomic E-state index is -0.368. The zero-order chi connectivity index (χ0) is 26.6. The van der Waals surface area contributed by atoms with Crippen LogP contribution in [0.5, 0.6) is 11.5 Å². The summed E-state index contributed by atoms with van der Waals surface area (Å²) in [4.78, 5) is 24.7. The van der Waals surface area contributed by atoms with Crippen molar-refractivity contribution in [3.8, 4) is 11.5 Å². The molecule has 0 radical (unpaired) electrons. The van der Waals surface area contributed by atoms with E-state index in [1.807, 2.05) is 19.1 Å². The number of aryl methyl sites for hydroxylation is 1. The SMILES string of the molecule is CCCCc1ccc(C(=O)N/N=C/c2ccc(OCC(=O)Nc3ccc(Cl)c(Cl)c3)c(OCC)c2)cc1. The Labute approximate surface area is 226 Å². The van der Waals surface area contributed by atoms with Gasteiger partial charge in [0.05, 0.1) is 22.9 Å². The van der Waals surface area contributed by atoms with Crippen LogP contribution >= 0.6 is 23.2 Å². The molecule has 2 N–H and O–H groups in total. The fraction of sp³-hybridized carbons (Fsp3) is 0.250. The molecule has 0 aromatic heterocycles. The first-order chi connectivity index (χ1) is 17.9. The van der Waals surface area contributed by atoms with Crippen LogP contribution in [0.15, 0.2) is 65.8 Å². The smallest absolute Gasteiger partial charge is 0.271 e. The highest BCUT2D eigenvalue weighted by molar-refractivity contribution is 6.42. The van der Waals surface area contributed by atoms with E-state index in [1.165, 1.54) is 11.8 Å². The Hall–Kier alpha value is -3.55. The maximum Gasteiger partial charge on any atom is 0.271 e. The summed E-state index contributed by atoms with van der Waals surface area (Å²) in [5.74, 6) is 0.183. The highest BCUT2D eigenvalue weighted by Crippen LogP contribution is 2.28. The zero-order valence-corrected chi connectivity index (χ0v) is 22.2. The molecule has 0 aliphatic rings. The van der Waals surface area contributed by atoms with E-state index in [1.54, 1.807) is 48.5 Å². The molecule has 0 aliphatic heterocycles. The number of nitrogens with zero attached hydrogens (tertiary/aromatic N) is 1. The molecule has 0 saturated carbocycles. The van der Waals surface area contributed by atoms with Crippen LogP contribution in [0, 0.1) is 0 Å². The molecule has 7 nitrogen and oxygen atoms in total. The third-order valence-corrected chi connectivity index (χ3v) is 5.98. The first-order valence-electron chi connectivity index (χ1n) is 12.0. The topological polar surface area (TPSA) is 89.0 Å². The number of amides is 2. The molecule has 0 unspecified atom stereocenters. The van der Waals surface area contributed by atoms with Gasteiger partial charge in [-0.15, -0.1) is 0 Å². The fourth-order valence-corrected chi connectivity index (χ4v) is 3.64. The Morgan fingerprint density at radius 1 is 0.919 bits per heavy atom. The van der Waals surface area contributed by atoms with Gasteiger partial charge in [-0.05, 0) is 79.4 Å². The van der Waals surface area contributed by atoms with Gasteiger partial charge in [-0.2, -0.15) is 5.10 Å². The minimum absolute atomic E-state index is 0.235. The van der Waals surface area contributed by atoms with Gasteiger partial charge in [0.2, 0.25) is 0 Å². The van der Waals surface area contributed by atoms with E-state index in [0.717, 1.165) is 19.3 Å². The molecule has 3 aromatic carbocycles. The lowest BCUT2D eigenvalue weighted by molar-refractivity contribution is -0.118. The Morgan fingerprint density at radius 3 is 2.41 bits per heavy atom. The zero-order valence-electron chi connectivity index (χ0n) is 20.7. The van der Waals surface area contributed by atoms with Gasteiger partial charge in [-0.1, -0.05) is 48.7 Å². The molecule has 37 heavy (non-hydrogen) atoms. The molecule has 3 aromatic rings. The van der Waals surface area contributed by atoms with Crippen LogP contribution in [-0.2, 0) is 11.2 Å². The van der Waals surface area contributed by atoms with Crippen molar-refractivity contribution in [2.24, 2.45) is 5.10 Å². The molecule has 0 spiro atoms. The lowest BCUT2D eigenvalue weighted by Gasteiger charge is -2.13. The molecule has 0 bridgehead atoms. The average molecular weight is 542 g/mol. The van der Waals surface area contributed by atoms with Gasteiger partial charge >= 0.3 is 0 Å². The lowest BCUT2D eigenvalue weighted by atomic mass is 10.1. The summed E-state index contributed by atoms with van der Waals surface area (Å²) in [5.41, 5.74) is 5.47. The highest BCUT2D eigenvalue weighted by atomic mass is 35.5. The molecule has 2 amide bonds. The van der Waals surface area contributed by atoms with Gasteiger partial charge in [0.1, 0.15) is 0 Å². The monoisotopic (exact) mass is 541 g/mol. The van der Waals surface area contributed by atoms with Crippen LogP contribution in [-0.4, -0.2) is 31.2 Å². The number of hydrogen-bond acceptors (Lipinski definition) is 5. The summed E-state index contributed by atoms with van der Waals surface area (Å²) in [5, 5.41) is 7.49. The van der Waals surface area contributed by atoms with Crippen molar-refractivity contribution in [2.75, 3.05) is 18.5 Å². The van der Waals surface area contributed by atoms with E-state index in [9.17, 15) is 9.59 Å². The highest BCUT2D eigenvalue weighted by Gasteiger charge is 2.10. The molecule has 0 heterocycles. The van der Waals surface area contributed by atoms with Gasteiger partial charge in [-0.25, -0.2) is 5.43 Å². The number of halogens is 2. The Morgan fingerprint density at radius 2 is 1.70 bits per heavy atom. The molecule has 0 atom stereocenters. The molecule has 0 aliphatic carbocycles. The number of anilines is 1. The number of hydrazone groups is 1. The number of carbonyl (C=O) groups is 2. The minimum Gasteiger partial charge on any atom is -0.490 e. The van der Waals surface area contributed by atoms with E-state index in [2.05, 4.69) is 22.8 Å². The summed E-state index contributed by atoms with van der Waals surface area (Å²) in [6.07, 6.45) is 4.76. The van der Waals surface area contributed by atoms with Crippen molar-refractivity contribution in [1.29, 1.82) is 0 Å². The number of rotatable bonds is 12. The second kappa shape index (κ2) is 14.3. The predicted molar refractivity (Wildman–Crippen MR) is 148 cm³/mol. The quantitative estimate of drug-likeness (QED) is 0.202. The Balaban J connectivity index is 1.56. The van der Waals surface area contributed by atoms with Crippen LogP contribution in [0.1, 0.15) is 48.2 Å². The maximum atomic E-state index is 12.4. The number of nitrogens with one attached hydrogen (secondary N) is 2. The summed E-state index contributed by atoms with van der Waals surface area (Å²) in [6.45, 7) is 4.16. The second-order valence-corrected chi connectivity index (χ2v) is 8.92. The maximum absolute atomic E-state index is 12.4. The molecule has 3 rings (SSSR count). The van der Waals surface area contributed by atoms with E-state index in [-0.39, 0.29) is 18.4 Å². The number of unbranched alkanes of at least 4 members (excludes halogenated alkanes) is 1. The summed E-state index contributed by atoms with van der Waals surface area (Å²) < 4.78 is 11.3. The molecule has 9 heteroatoms. The van der Waals surface area contributed by atoms with E-state index >= 15 is 0 Å². The van der Waals surface area contributed by atoms with Crippen LogP contribution in [0.4, 0.5) is 5.69 Å². The largest absolute Gasteiger partial charge is 0.490 e. The lowest BCUT2D eigenvalue weighted by Crippen LogP contribution is -2.20. The fourth-order valence-electron chi connectivity index (χ4n) is 3.34. The van der Waals surface area contributed by atoms with E-state index in [4.69, 9.17) is 32.7 Å². The molecule has 194 valence electrons. The predicted octanol–water partition coefficient (Wildman–Crippen LogP) is 6.52. The van der Waals surface area contributed by atoms with Crippen molar-refractivity contribution in [3.05, 3.63) is 87.4 Å². The third kappa shape index (κ3) is 8.81. The first kappa shape index (κ1) is 28.0. The van der Waals surface area contributed by atoms with Gasteiger partial charge in [-0.3, -0.25) is 9.59 Å². The summed E-state index contributed by atoms with van der Waals surface area (Å²) in [7, 11) is 0. The molecular weight excluding hydrogens is 513 g/mol. The van der Waals surface area contributed by atoms with Gasteiger partial charge in [0, 0.05) is 11.3 Å². The normalized spacial score (nSPS) is 10.8. The van der Waals surface area contributed by atoms with Crippen molar-refractivity contribution in [1.82, 2.24) is 5.43 Å². The van der Waals surface area contributed by atoms with Crippen molar-refractivity contribution < 1.29 is 19.1 Å². The van der Waals surface area contributed by atoms with Crippen LogP contribution in [0.3, 0.4) is 0 Å². The number of ether oxygens (including phenoxy) is 2. The number of carbonyl (C=O) groups excluding carboxylic acids is 2. The van der Waals surface area contributed by atoms with Crippen molar-refractivity contribution >= 4 is 46.9 Å².